The molecule has 2 aromatic carbocycles. The summed E-state index contributed by atoms with van der Waals surface area (Å²) in [5, 5.41) is 8.90. The standard InChI is InChI=1S/C19H17N3O2S/c1-12(19-21-14-7-3-5-9-17(14)25-19)11-20-18(23)10-15-13-6-2-4-8-16(13)24-22-15/h2-9,12H,10-11H2,1H3,(H,20,23). The molecule has 6 heteroatoms. The Bertz CT molecular complexity index is 1000. The summed E-state index contributed by atoms with van der Waals surface area (Å²) in [5.74, 6) is 0.0995. The molecule has 2 heterocycles. The number of carbonyl (C=O) groups excluding carboxylic acids is 1. The van der Waals surface area contributed by atoms with Gasteiger partial charge in [0.2, 0.25) is 5.91 Å². The molecule has 1 N–H and O–H groups in total. The maximum absolute atomic E-state index is 12.3. The van der Waals surface area contributed by atoms with Crippen LogP contribution in [0.1, 0.15) is 23.5 Å². The van der Waals surface area contributed by atoms with Crippen LogP contribution in [-0.4, -0.2) is 22.6 Å². The first-order chi connectivity index (χ1) is 12.2. The van der Waals surface area contributed by atoms with E-state index in [9.17, 15) is 4.79 Å². The molecule has 1 amide bonds. The van der Waals surface area contributed by atoms with E-state index in [1.807, 2.05) is 42.5 Å². The lowest BCUT2D eigenvalue weighted by atomic mass is 10.1. The Balaban J connectivity index is 1.39. The van der Waals surface area contributed by atoms with Crippen LogP contribution in [0, 0.1) is 0 Å². The van der Waals surface area contributed by atoms with Gasteiger partial charge in [-0.25, -0.2) is 4.98 Å². The Morgan fingerprint density at radius 1 is 1.20 bits per heavy atom. The fraction of sp³-hybridized carbons (Fsp3) is 0.211. The Morgan fingerprint density at radius 2 is 2.00 bits per heavy atom. The second-order valence-corrected chi connectivity index (χ2v) is 7.09. The zero-order chi connectivity index (χ0) is 17.2. The van der Waals surface area contributed by atoms with Gasteiger partial charge in [0.25, 0.3) is 0 Å². The summed E-state index contributed by atoms with van der Waals surface area (Å²) >= 11 is 1.67. The van der Waals surface area contributed by atoms with E-state index in [0.29, 0.717) is 17.8 Å². The largest absolute Gasteiger partial charge is 0.356 e. The van der Waals surface area contributed by atoms with Gasteiger partial charge in [0.15, 0.2) is 5.58 Å². The minimum Gasteiger partial charge on any atom is -0.356 e. The van der Waals surface area contributed by atoms with Crippen molar-refractivity contribution in [3.63, 3.8) is 0 Å². The quantitative estimate of drug-likeness (QED) is 0.592. The van der Waals surface area contributed by atoms with Crippen LogP contribution >= 0.6 is 11.3 Å². The lowest BCUT2D eigenvalue weighted by molar-refractivity contribution is -0.120. The van der Waals surface area contributed by atoms with Gasteiger partial charge in [-0.05, 0) is 24.3 Å². The first-order valence-corrected chi connectivity index (χ1v) is 8.98. The summed E-state index contributed by atoms with van der Waals surface area (Å²) in [6.45, 7) is 2.62. The maximum Gasteiger partial charge on any atom is 0.226 e. The van der Waals surface area contributed by atoms with Crippen LogP contribution in [0.2, 0.25) is 0 Å². The third-order valence-electron chi connectivity index (χ3n) is 4.12. The van der Waals surface area contributed by atoms with Crippen molar-refractivity contribution in [3.05, 3.63) is 59.2 Å². The number of thiazole rings is 1. The lowest BCUT2D eigenvalue weighted by Gasteiger charge is -2.09. The molecule has 0 bridgehead atoms. The van der Waals surface area contributed by atoms with Gasteiger partial charge < -0.3 is 9.84 Å². The van der Waals surface area contributed by atoms with Crippen molar-refractivity contribution >= 4 is 38.4 Å². The van der Waals surface area contributed by atoms with Gasteiger partial charge in [-0.2, -0.15) is 0 Å². The van der Waals surface area contributed by atoms with Gasteiger partial charge in [-0.3, -0.25) is 4.79 Å². The topological polar surface area (TPSA) is 68.0 Å². The van der Waals surface area contributed by atoms with E-state index < -0.39 is 0 Å². The van der Waals surface area contributed by atoms with Crippen molar-refractivity contribution in [2.45, 2.75) is 19.3 Å². The van der Waals surface area contributed by atoms with Crippen molar-refractivity contribution in [2.24, 2.45) is 0 Å². The van der Waals surface area contributed by atoms with E-state index in [-0.39, 0.29) is 18.2 Å². The normalized spacial score (nSPS) is 12.5. The number of fused-ring (bicyclic) bond motifs is 2. The first-order valence-electron chi connectivity index (χ1n) is 8.16. The number of para-hydroxylation sites is 2. The van der Waals surface area contributed by atoms with Crippen LogP contribution in [0.3, 0.4) is 0 Å². The minimum atomic E-state index is -0.0629. The highest BCUT2D eigenvalue weighted by Crippen LogP contribution is 2.27. The lowest BCUT2D eigenvalue weighted by Crippen LogP contribution is -2.29. The maximum atomic E-state index is 12.3. The number of hydrogen-bond donors (Lipinski definition) is 1. The third-order valence-corrected chi connectivity index (χ3v) is 5.39. The van der Waals surface area contributed by atoms with Gasteiger partial charge in [0.05, 0.1) is 21.6 Å². The fourth-order valence-electron chi connectivity index (χ4n) is 2.74. The molecule has 0 aliphatic rings. The Labute approximate surface area is 148 Å². The van der Waals surface area contributed by atoms with Crippen molar-refractivity contribution in [1.29, 1.82) is 0 Å². The van der Waals surface area contributed by atoms with E-state index in [1.165, 1.54) is 4.70 Å². The average molecular weight is 351 g/mol. The van der Waals surface area contributed by atoms with Crippen LogP contribution in [-0.2, 0) is 11.2 Å². The molecule has 4 rings (SSSR count). The van der Waals surface area contributed by atoms with Gasteiger partial charge in [-0.15, -0.1) is 11.3 Å². The first kappa shape index (κ1) is 15.8. The number of benzene rings is 2. The number of nitrogens with one attached hydrogen (secondary N) is 1. The van der Waals surface area contributed by atoms with Gasteiger partial charge in [0.1, 0.15) is 5.69 Å². The summed E-state index contributed by atoms with van der Waals surface area (Å²) < 4.78 is 6.41. The van der Waals surface area contributed by atoms with Crippen LogP contribution in [0.25, 0.3) is 21.2 Å². The predicted octanol–water partition coefficient (Wildman–Crippen LogP) is 3.90. The van der Waals surface area contributed by atoms with Crippen LogP contribution in [0.4, 0.5) is 0 Å². The molecule has 4 aromatic rings. The molecule has 0 saturated carbocycles. The minimum absolute atomic E-state index is 0.0629. The zero-order valence-corrected chi connectivity index (χ0v) is 14.5. The highest BCUT2D eigenvalue weighted by atomic mass is 32.1. The van der Waals surface area contributed by atoms with Crippen LogP contribution in [0.5, 0.6) is 0 Å². The van der Waals surface area contributed by atoms with E-state index in [2.05, 4.69) is 28.4 Å². The molecule has 2 aromatic heterocycles. The average Bonchev–Trinajstić information content (AvgIpc) is 3.24. The molecule has 0 aliphatic carbocycles. The Hall–Kier alpha value is -2.73. The van der Waals surface area contributed by atoms with E-state index in [4.69, 9.17) is 4.52 Å². The second kappa shape index (κ2) is 6.64. The molecule has 126 valence electrons. The number of aromatic nitrogens is 2. The number of hydrogen-bond acceptors (Lipinski definition) is 5. The van der Waals surface area contributed by atoms with Crippen LogP contribution in [0.15, 0.2) is 53.1 Å². The molecule has 0 spiro atoms. The summed E-state index contributed by atoms with van der Waals surface area (Å²) in [5.41, 5.74) is 2.38. The molecule has 1 atom stereocenters. The molecule has 1 unspecified atom stereocenters. The number of carbonyl (C=O) groups is 1. The second-order valence-electron chi connectivity index (χ2n) is 6.03. The zero-order valence-electron chi connectivity index (χ0n) is 13.7. The van der Waals surface area contributed by atoms with Crippen molar-refractivity contribution in [1.82, 2.24) is 15.5 Å². The summed E-state index contributed by atoms with van der Waals surface area (Å²) in [6, 6.07) is 15.6. The Morgan fingerprint density at radius 3 is 2.88 bits per heavy atom. The van der Waals surface area contributed by atoms with Gasteiger partial charge in [0, 0.05) is 17.8 Å². The number of rotatable bonds is 5. The molecular weight excluding hydrogens is 334 g/mol. The van der Waals surface area contributed by atoms with Crippen LogP contribution < -0.4 is 5.32 Å². The SMILES string of the molecule is CC(CNC(=O)Cc1noc2ccccc12)c1nc2ccccc2s1. The molecule has 25 heavy (non-hydrogen) atoms. The molecule has 0 radical (unpaired) electrons. The number of nitrogens with zero attached hydrogens (tertiary/aromatic N) is 2. The van der Waals surface area contributed by atoms with Gasteiger partial charge >= 0.3 is 0 Å². The summed E-state index contributed by atoms with van der Waals surface area (Å²) in [4.78, 5) is 16.9. The molecular formula is C19H17N3O2S. The predicted molar refractivity (Wildman–Crippen MR) is 98.8 cm³/mol. The molecule has 0 aliphatic heterocycles. The monoisotopic (exact) mass is 351 g/mol. The van der Waals surface area contributed by atoms with Crippen molar-refractivity contribution in [3.8, 4) is 0 Å². The van der Waals surface area contributed by atoms with E-state index in [1.54, 1.807) is 11.3 Å². The molecule has 0 saturated heterocycles. The third kappa shape index (κ3) is 3.25. The van der Waals surface area contributed by atoms with Gasteiger partial charge in [-0.1, -0.05) is 36.3 Å². The summed E-state index contributed by atoms with van der Waals surface area (Å²) in [7, 11) is 0. The number of amides is 1. The van der Waals surface area contributed by atoms with E-state index in [0.717, 1.165) is 15.9 Å². The Kier molecular flexibility index (Phi) is 4.19. The van der Waals surface area contributed by atoms with Crippen molar-refractivity contribution < 1.29 is 9.32 Å². The fourth-order valence-corrected chi connectivity index (χ4v) is 3.75. The highest BCUT2D eigenvalue weighted by molar-refractivity contribution is 7.18. The van der Waals surface area contributed by atoms with Crippen molar-refractivity contribution in [2.75, 3.05) is 6.54 Å². The van der Waals surface area contributed by atoms with E-state index >= 15 is 0 Å². The summed E-state index contributed by atoms with van der Waals surface area (Å²) in [6.07, 6.45) is 0.212. The molecule has 0 fully saturated rings. The molecule has 5 nitrogen and oxygen atoms in total. The highest BCUT2D eigenvalue weighted by Gasteiger charge is 2.15. The smallest absolute Gasteiger partial charge is 0.226 e.